The van der Waals surface area contributed by atoms with Gasteiger partial charge in [0.05, 0.1) is 0 Å². The normalized spacial score (nSPS) is 15.0. The van der Waals surface area contributed by atoms with E-state index >= 15 is 0 Å². The van der Waals surface area contributed by atoms with E-state index in [-0.39, 0.29) is 6.03 Å². The summed E-state index contributed by atoms with van der Waals surface area (Å²) in [5.41, 5.74) is 2.77. The molecule has 0 radical (unpaired) electrons. The molecule has 1 aromatic rings. The van der Waals surface area contributed by atoms with Crippen LogP contribution in [0.2, 0.25) is 0 Å². The van der Waals surface area contributed by atoms with Crippen LogP contribution in [-0.4, -0.2) is 30.6 Å². The van der Waals surface area contributed by atoms with Crippen LogP contribution >= 0.6 is 0 Å². The number of nitrogens with one attached hydrogen (secondary N) is 1. The molecule has 0 bridgehead atoms. The summed E-state index contributed by atoms with van der Waals surface area (Å²) in [5, 5.41) is 2.94. The molecule has 1 aliphatic heterocycles. The number of urea groups is 1. The van der Waals surface area contributed by atoms with E-state index in [0.29, 0.717) is 0 Å². The van der Waals surface area contributed by atoms with Crippen LogP contribution in [-0.2, 0) is 12.8 Å². The summed E-state index contributed by atoms with van der Waals surface area (Å²) in [6, 6.07) is 8.57. The Kier molecular flexibility index (Phi) is 4.02. The molecule has 1 heterocycles. The number of amides is 2. The van der Waals surface area contributed by atoms with E-state index in [4.69, 9.17) is 0 Å². The molecule has 0 saturated carbocycles. The third-order valence-electron chi connectivity index (χ3n) is 3.23. The van der Waals surface area contributed by atoms with Crippen molar-refractivity contribution in [1.82, 2.24) is 10.2 Å². The van der Waals surface area contributed by atoms with Crippen molar-refractivity contribution in [3.05, 3.63) is 35.4 Å². The van der Waals surface area contributed by atoms with Crippen molar-refractivity contribution < 1.29 is 4.79 Å². The average molecular weight is 232 g/mol. The first-order valence-electron chi connectivity index (χ1n) is 6.41. The zero-order valence-electron chi connectivity index (χ0n) is 10.4. The molecule has 17 heavy (non-hydrogen) atoms. The van der Waals surface area contributed by atoms with Gasteiger partial charge in [0.2, 0.25) is 0 Å². The summed E-state index contributed by atoms with van der Waals surface area (Å²) in [6.07, 6.45) is 2.92. The second-order valence-electron chi connectivity index (χ2n) is 4.49. The predicted octanol–water partition coefficient (Wildman–Crippen LogP) is 2.21. The van der Waals surface area contributed by atoms with E-state index in [9.17, 15) is 4.79 Å². The topological polar surface area (TPSA) is 32.3 Å². The Morgan fingerprint density at radius 3 is 2.35 bits per heavy atom. The number of fused-ring (bicyclic) bond motifs is 1. The Morgan fingerprint density at radius 1 is 1.24 bits per heavy atom. The maximum atomic E-state index is 11.9. The lowest BCUT2D eigenvalue weighted by molar-refractivity contribution is 0.200. The van der Waals surface area contributed by atoms with Crippen LogP contribution in [0.3, 0.4) is 0 Å². The lowest BCUT2D eigenvalue weighted by Crippen LogP contribution is -2.41. The molecule has 0 fully saturated rings. The van der Waals surface area contributed by atoms with Gasteiger partial charge < -0.3 is 10.2 Å². The monoisotopic (exact) mass is 232 g/mol. The van der Waals surface area contributed by atoms with Gasteiger partial charge in [-0.05, 0) is 30.4 Å². The van der Waals surface area contributed by atoms with E-state index in [1.54, 1.807) is 0 Å². The molecule has 0 aliphatic carbocycles. The van der Waals surface area contributed by atoms with Crippen molar-refractivity contribution >= 4 is 6.03 Å². The summed E-state index contributed by atoms with van der Waals surface area (Å²) in [6.45, 7) is 4.49. The van der Waals surface area contributed by atoms with E-state index in [1.807, 2.05) is 4.90 Å². The predicted molar refractivity (Wildman–Crippen MR) is 69.1 cm³/mol. The van der Waals surface area contributed by atoms with Crippen LogP contribution in [0.4, 0.5) is 4.79 Å². The fourth-order valence-corrected chi connectivity index (χ4v) is 2.21. The van der Waals surface area contributed by atoms with E-state index in [2.05, 4.69) is 36.5 Å². The molecule has 0 atom stereocenters. The van der Waals surface area contributed by atoms with Gasteiger partial charge >= 0.3 is 6.03 Å². The number of hydrogen-bond donors (Lipinski definition) is 1. The number of benzene rings is 1. The molecule has 3 nitrogen and oxygen atoms in total. The first kappa shape index (κ1) is 12.0. The smallest absolute Gasteiger partial charge is 0.317 e. The van der Waals surface area contributed by atoms with Crippen LogP contribution in [0.25, 0.3) is 0 Å². The Labute approximate surface area is 103 Å². The third kappa shape index (κ3) is 2.99. The van der Waals surface area contributed by atoms with Gasteiger partial charge in [-0.2, -0.15) is 0 Å². The first-order valence-corrected chi connectivity index (χ1v) is 6.41. The molecule has 1 N–H and O–H groups in total. The number of carbonyl (C=O) groups is 1. The van der Waals surface area contributed by atoms with Crippen molar-refractivity contribution in [2.24, 2.45) is 0 Å². The Balaban J connectivity index is 1.97. The Morgan fingerprint density at radius 2 is 1.82 bits per heavy atom. The van der Waals surface area contributed by atoms with Crippen LogP contribution in [0, 0.1) is 0 Å². The summed E-state index contributed by atoms with van der Waals surface area (Å²) in [5.74, 6) is 0. The van der Waals surface area contributed by atoms with Crippen LogP contribution < -0.4 is 5.32 Å². The van der Waals surface area contributed by atoms with E-state index in [0.717, 1.165) is 38.9 Å². The van der Waals surface area contributed by atoms with Crippen molar-refractivity contribution in [2.45, 2.75) is 26.2 Å². The number of hydrogen-bond acceptors (Lipinski definition) is 1. The average Bonchev–Trinajstić information content (AvgIpc) is 2.58. The molecule has 3 heteroatoms. The van der Waals surface area contributed by atoms with Gasteiger partial charge in [-0.15, -0.1) is 0 Å². The minimum Gasteiger partial charge on any atom is -0.338 e. The number of rotatable bonds is 2. The minimum absolute atomic E-state index is 0.0830. The largest absolute Gasteiger partial charge is 0.338 e. The van der Waals surface area contributed by atoms with Gasteiger partial charge in [0, 0.05) is 19.6 Å². The van der Waals surface area contributed by atoms with Gasteiger partial charge in [0.1, 0.15) is 0 Å². The molecule has 1 aliphatic rings. The van der Waals surface area contributed by atoms with Crippen LogP contribution in [0.1, 0.15) is 24.5 Å². The Bertz CT molecular complexity index is 363. The second kappa shape index (κ2) is 5.71. The molecule has 2 amide bonds. The molecule has 0 aromatic heterocycles. The van der Waals surface area contributed by atoms with Crippen molar-refractivity contribution in [3.8, 4) is 0 Å². The number of nitrogens with zero attached hydrogens (tertiary/aromatic N) is 1. The van der Waals surface area contributed by atoms with Crippen LogP contribution in [0.15, 0.2) is 24.3 Å². The maximum Gasteiger partial charge on any atom is 0.317 e. The molecule has 92 valence electrons. The summed E-state index contributed by atoms with van der Waals surface area (Å²) in [7, 11) is 0. The van der Waals surface area contributed by atoms with E-state index < -0.39 is 0 Å². The highest BCUT2D eigenvalue weighted by Crippen LogP contribution is 2.15. The van der Waals surface area contributed by atoms with Gasteiger partial charge in [0.25, 0.3) is 0 Å². The lowest BCUT2D eigenvalue weighted by Gasteiger charge is -2.20. The van der Waals surface area contributed by atoms with Gasteiger partial charge in [-0.1, -0.05) is 31.2 Å². The molecule has 0 spiro atoms. The zero-order chi connectivity index (χ0) is 12.1. The van der Waals surface area contributed by atoms with Crippen LogP contribution in [0.5, 0.6) is 0 Å². The van der Waals surface area contributed by atoms with E-state index in [1.165, 1.54) is 11.1 Å². The highest BCUT2D eigenvalue weighted by Gasteiger charge is 2.17. The zero-order valence-corrected chi connectivity index (χ0v) is 10.4. The highest BCUT2D eigenvalue weighted by atomic mass is 16.2. The quantitative estimate of drug-likeness (QED) is 0.833. The van der Waals surface area contributed by atoms with Crippen molar-refractivity contribution in [1.29, 1.82) is 0 Å². The third-order valence-corrected chi connectivity index (χ3v) is 3.23. The summed E-state index contributed by atoms with van der Waals surface area (Å²) >= 11 is 0. The molecule has 2 rings (SSSR count). The van der Waals surface area contributed by atoms with Crippen molar-refractivity contribution in [2.75, 3.05) is 19.6 Å². The summed E-state index contributed by atoms with van der Waals surface area (Å²) < 4.78 is 0. The minimum atomic E-state index is 0.0830. The molecule has 0 unspecified atom stereocenters. The highest BCUT2D eigenvalue weighted by molar-refractivity contribution is 5.74. The second-order valence-corrected chi connectivity index (χ2v) is 4.49. The van der Waals surface area contributed by atoms with Gasteiger partial charge in [-0.3, -0.25) is 0 Å². The fraction of sp³-hybridized carbons (Fsp3) is 0.500. The first-order chi connectivity index (χ1) is 8.31. The standard InChI is InChI=1S/C14H20N2O/c1-2-9-15-14(17)16-10-7-12-5-3-4-6-13(12)8-11-16/h3-6H,2,7-11H2,1H3,(H,15,17). The molecular formula is C14H20N2O. The van der Waals surface area contributed by atoms with Crippen molar-refractivity contribution in [3.63, 3.8) is 0 Å². The molecule has 1 aromatic carbocycles. The summed E-state index contributed by atoms with van der Waals surface area (Å²) in [4.78, 5) is 13.8. The fourth-order valence-electron chi connectivity index (χ4n) is 2.21. The lowest BCUT2D eigenvalue weighted by atomic mass is 10.0. The Hall–Kier alpha value is -1.51. The maximum absolute atomic E-state index is 11.9. The SMILES string of the molecule is CCCNC(=O)N1CCc2ccccc2CC1. The van der Waals surface area contributed by atoms with Gasteiger partial charge in [0.15, 0.2) is 0 Å². The molecule has 0 saturated heterocycles. The molecular weight excluding hydrogens is 212 g/mol. The number of carbonyl (C=O) groups excluding carboxylic acids is 1. The van der Waals surface area contributed by atoms with Gasteiger partial charge in [-0.25, -0.2) is 4.79 Å².